The molecule has 0 radical (unpaired) electrons. The predicted octanol–water partition coefficient (Wildman–Crippen LogP) is 4.24. The maximum absolute atomic E-state index is 5.40. The lowest BCUT2D eigenvalue weighted by molar-refractivity contribution is 0.392. The number of likely N-dealkylation sites (N-methyl/N-ethyl adjacent to an activating group) is 1. The predicted molar refractivity (Wildman–Crippen MR) is 87.1 cm³/mol. The van der Waals surface area contributed by atoms with Crippen molar-refractivity contribution >= 4 is 0 Å². The van der Waals surface area contributed by atoms with Crippen LogP contribution in [0, 0.1) is 0 Å². The van der Waals surface area contributed by atoms with Crippen LogP contribution < -0.4 is 14.8 Å². The molecule has 1 aliphatic rings. The molecule has 2 rings (SSSR count). The molecule has 0 heterocycles. The van der Waals surface area contributed by atoms with E-state index in [1.54, 1.807) is 14.2 Å². The van der Waals surface area contributed by atoms with Crippen molar-refractivity contribution in [3.63, 3.8) is 0 Å². The molecule has 21 heavy (non-hydrogen) atoms. The summed E-state index contributed by atoms with van der Waals surface area (Å²) in [6.45, 7) is 0. The summed E-state index contributed by atoms with van der Waals surface area (Å²) in [6, 6.07) is 6.36. The van der Waals surface area contributed by atoms with Crippen molar-refractivity contribution in [3.05, 3.63) is 35.4 Å². The van der Waals surface area contributed by atoms with Crippen molar-refractivity contribution in [2.45, 2.75) is 44.6 Å². The van der Waals surface area contributed by atoms with Gasteiger partial charge in [-0.1, -0.05) is 24.5 Å². The number of benzene rings is 1. The topological polar surface area (TPSA) is 30.5 Å². The standard InChI is InChI=1S/C18H27NO2/c1-19-18(14-9-7-5-4-6-8-10-14)15-11-16(20-2)13-17(12-15)21-3/h9,11-13,18-19H,4-8,10H2,1-3H3/b14-9+. The molecule has 0 saturated carbocycles. The van der Waals surface area contributed by atoms with Crippen LogP contribution in [0.25, 0.3) is 0 Å². The molecule has 3 nitrogen and oxygen atoms in total. The first-order valence-electron chi connectivity index (χ1n) is 7.87. The largest absolute Gasteiger partial charge is 0.497 e. The second kappa shape index (κ2) is 8.08. The van der Waals surface area contributed by atoms with Crippen LogP contribution in [0.3, 0.4) is 0 Å². The van der Waals surface area contributed by atoms with E-state index in [0.29, 0.717) is 0 Å². The number of ether oxygens (including phenoxy) is 2. The number of hydrogen-bond donors (Lipinski definition) is 1. The Kier molecular flexibility index (Phi) is 6.12. The van der Waals surface area contributed by atoms with Gasteiger partial charge in [0.25, 0.3) is 0 Å². The number of allylic oxidation sites excluding steroid dienone is 1. The lowest BCUT2D eigenvalue weighted by Crippen LogP contribution is -2.19. The molecule has 0 aliphatic heterocycles. The number of methoxy groups -OCH3 is 2. The van der Waals surface area contributed by atoms with Crippen molar-refractivity contribution in [1.29, 1.82) is 0 Å². The summed E-state index contributed by atoms with van der Waals surface area (Å²) in [4.78, 5) is 0. The summed E-state index contributed by atoms with van der Waals surface area (Å²) in [5.41, 5.74) is 2.70. The van der Waals surface area contributed by atoms with E-state index in [-0.39, 0.29) is 6.04 Å². The monoisotopic (exact) mass is 289 g/mol. The van der Waals surface area contributed by atoms with Crippen molar-refractivity contribution in [1.82, 2.24) is 5.32 Å². The van der Waals surface area contributed by atoms with E-state index in [1.807, 2.05) is 13.1 Å². The second-order valence-corrected chi connectivity index (χ2v) is 5.60. The number of hydrogen-bond acceptors (Lipinski definition) is 3. The van der Waals surface area contributed by atoms with Crippen molar-refractivity contribution in [3.8, 4) is 11.5 Å². The summed E-state index contributed by atoms with van der Waals surface area (Å²) in [5, 5.41) is 3.46. The van der Waals surface area contributed by atoms with Crippen molar-refractivity contribution in [2.24, 2.45) is 0 Å². The van der Waals surface area contributed by atoms with Crippen LogP contribution in [-0.2, 0) is 0 Å². The lowest BCUT2D eigenvalue weighted by atomic mass is 9.91. The molecule has 0 fully saturated rings. The Morgan fingerprint density at radius 3 is 2.24 bits per heavy atom. The van der Waals surface area contributed by atoms with E-state index >= 15 is 0 Å². The molecule has 0 bridgehead atoms. The van der Waals surface area contributed by atoms with Gasteiger partial charge in [-0.15, -0.1) is 0 Å². The van der Waals surface area contributed by atoms with Crippen LogP contribution in [-0.4, -0.2) is 21.3 Å². The van der Waals surface area contributed by atoms with Crippen molar-refractivity contribution < 1.29 is 9.47 Å². The Morgan fingerprint density at radius 1 is 0.952 bits per heavy atom. The minimum absolute atomic E-state index is 0.243. The normalized spacial score (nSPS) is 19.9. The Morgan fingerprint density at radius 2 is 1.62 bits per heavy atom. The number of rotatable bonds is 5. The fourth-order valence-electron chi connectivity index (χ4n) is 3.04. The van der Waals surface area contributed by atoms with Crippen LogP contribution >= 0.6 is 0 Å². The molecule has 1 atom stereocenters. The molecule has 0 aromatic heterocycles. The quantitative estimate of drug-likeness (QED) is 0.822. The molecule has 116 valence electrons. The molecule has 1 aromatic carbocycles. The first-order valence-corrected chi connectivity index (χ1v) is 7.87. The number of nitrogens with one attached hydrogen (secondary N) is 1. The highest BCUT2D eigenvalue weighted by Gasteiger charge is 2.17. The zero-order chi connectivity index (χ0) is 15.1. The van der Waals surface area contributed by atoms with Gasteiger partial charge in [-0.05, 0) is 50.4 Å². The highest BCUT2D eigenvalue weighted by atomic mass is 16.5. The van der Waals surface area contributed by atoms with Gasteiger partial charge in [-0.3, -0.25) is 0 Å². The molecule has 3 heteroatoms. The molecule has 0 saturated heterocycles. The Labute approximate surface area is 128 Å². The molecular formula is C18H27NO2. The summed E-state index contributed by atoms with van der Waals surface area (Å²) in [7, 11) is 5.42. The smallest absolute Gasteiger partial charge is 0.122 e. The van der Waals surface area contributed by atoms with E-state index in [9.17, 15) is 0 Å². The zero-order valence-electron chi connectivity index (χ0n) is 13.4. The van der Waals surface area contributed by atoms with Gasteiger partial charge in [0, 0.05) is 6.07 Å². The minimum atomic E-state index is 0.243. The first kappa shape index (κ1) is 15.9. The average Bonchev–Trinajstić information content (AvgIpc) is 2.49. The van der Waals surface area contributed by atoms with Gasteiger partial charge in [0.05, 0.1) is 20.3 Å². The molecule has 1 aromatic rings. The van der Waals surface area contributed by atoms with Gasteiger partial charge >= 0.3 is 0 Å². The minimum Gasteiger partial charge on any atom is -0.497 e. The summed E-state index contributed by atoms with van der Waals surface area (Å²) in [5.74, 6) is 1.69. The third-order valence-corrected chi connectivity index (χ3v) is 4.19. The molecule has 1 unspecified atom stereocenters. The molecule has 0 spiro atoms. The third kappa shape index (κ3) is 4.24. The van der Waals surface area contributed by atoms with E-state index in [0.717, 1.165) is 11.5 Å². The van der Waals surface area contributed by atoms with Crippen LogP contribution in [0.1, 0.15) is 50.1 Å². The van der Waals surface area contributed by atoms with E-state index in [1.165, 1.54) is 49.7 Å². The van der Waals surface area contributed by atoms with Gasteiger partial charge in [-0.2, -0.15) is 0 Å². The van der Waals surface area contributed by atoms with Crippen LogP contribution in [0.5, 0.6) is 11.5 Å². The molecule has 1 aliphatic carbocycles. The van der Waals surface area contributed by atoms with Gasteiger partial charge in [0.15, 0.2) is 0 Å². The molecule has 1 N–H and O–H groups in total. The van der Waals surface area contributed by atoms with E-state index in [4.69, 9.17) is 9.47 Å². The zero-order valence-corrected chi connectivity index (χ0v) is 13.4. The molecular weight excluding hydrogens is 262 g/mol. The SMILES string of the molecule is CNC(/C1=C/CCCCCC1)c1cc(OC)cc(OC)c1. The van der Waals surface area contributed by atoms with Crippen LogP contribution in [0.15, 0.2) is 29.8 Å². The maximum atomic E-state index is 5.40. The fourth-order valence-corrected chi connectivity index (χ4v) is 3.04. The van der Waals surface area contributed by atoms with E-state index < -0.39 is 0 Å². The van der Waals surface area contributed by atoms with Gasteiger partial charge in [-0.25, -0.2) is 0 Å². The van der Waals surface area contributed by atoms with Crippen LogP contribution in [0.2, 0.25) is 0 Å². The van der Waals surface area contributed by atoms with Gasteiger partial charge in [0.1, 0.15) is 11.5 Å². The summed E-state index contributed by atoms with van der Waals surface area (Å²) < 4.78 is 10.8. The lowest BCUT2D eigenvalue weighted by Gasteiger charge is -2.23. The first-order chi connectivity index (χ1) is 10.3. The fraction of sp³-hybridized carbons (Fsp3) is 0.556. The highest BCUT2D eigenvalue weighted by Crippen LogP contribution is 2.33. The van der Waals surface area contributed by atoms with E-state index in [2.05, 4.69) is 23.5 Å². The maximum Gasteiger partial charge on any atom is 0.122 e. The highest BCUT2D eigenvalue weighted by molar-refractivity contribution is 5.42. The van der Waals surface area contributed by atoms with Crippen molar-refractivity contribution in [2.75, 3.05) is 21.3 Å². The Hall–Kier alpha value is -1.48. The van der Waals surface area contributed by atoms with Crippen LogP contribution in [0.4, 0.5) is 0 Å². The summed E-state index contributed by atoms with van der Waals surface area (Å²) >= 11 is 0. The Bertz CT molecular complexity index is 460. The van der Waals surface area contributed by atoms with Gasteiger partial charge in [0.2, 0.25) is 0 Å². The summed E-state index contributed by atoms with van der Waals surface area (Å²) in [6.07, 6.45) is 10.1. The van der Waals surface area contributed by atoms with Gasteiger partial charge < -0.3 is 14.8 Å². The second-order valence-electron chi connectivity index (χ2n) is 5.60. The molecule has 0 amide bonds. The average molecular weight is 289 g/mol. The Balaban J connectivity index is 2.30. The third-order valence-electron chi connectivity index (χ3n) is 4.19.